The molecule has 62 nitrogen and oxygen atoms in total. The number of carboxylic acid groups (broad SMARTS) is 1. The van der Waals surface area contributed by atoms with Gasteiger partial charge < -0.3 is 279 Å². The molecule has 11 aliphatic rings. The van der Waals surface area contributed by atoms with E-state index >= 15 is 0 Å². The van der Waals surface area contributed by atoms with Gasteiger partial charge in [0.25, 0.3) is 5.79 Å². The second kappa shape index (κ2) is 50.0. The highest BCUT2D eigenvalue weighted by molar-refractivity contribution is 5.77. The maximum Gasteiger partial charge on any atom is 0.364 e. The van der Waals surface area contributed by atoms with Crippen molar-refractivity contribution >= 4 is 35.5 Å². The molecule has 62 heteroatoms. The van der Waals surface area contributed by atoms with Crippen molar-refractivity contribution in [2.45, 2.75) is 398 Å². The van der Waals surface area contributed by atoms with E-state index in [2.05, 4.69) is 26.6 Å². The van der Waals surface area contributed by atoms with Crippen molar-refractivity contribution in [1.82, 2.24) is 26.6 Å². The fourth-order valence-electron chi connectivity index (χ4n) is 18.3. The van der Waals surface area contributed by atoms with Crippen LogP contribution in [0.2, 0.25) is 0 Å². The molecule has 5 amide bonds. The summed E-state index contributed by atoms with van der Waals surface area (Å²) in [6.07, 6.45) is -110. The van der Waals surface area contributed by atoms with Crippen LogP contribution in [0, 0.1) is 0 Å². The summed E-state index contributed by atoms with van der Waals surface area (Å²) in [5.41, 5.74) is 0. The van der Waals surface area contributed by atoms with E-state index in [0.29, 0.717) is 0 Å². The molecule has 141 heavy (non-hydrogen) atoms. The number of carboxylic acids is 1. The Hall–Kier alpha value is -5.18. The molecule has 0 radical (unpaired) electrons. The Morgan fingerprint density at radius 1 is 0.305 bits per heavy atom. The molecule has 0 aromatic rings. The van der Waals surface area contributed by atoms with E-state index in [1.165, 1.54) is 13.8 Å². The fourth-order valence-corrected chi connectivity index (χ4v) is 18.3. The Balaban J connectivity index is 0.958. The first-order valence-corrected chi connectivity index (χ1v) is 45.0. The first-order chi connectivity index (χ1) is 66.4. The molecule has 0 aromatic carbocycles. The van der Waals surface area contributed by atoms with E-state index in [0.717, 1.165) is 34.6 Å². The number of rotatable bonds is 37. The zero-order valence-electron chi connectivity index (χ0n) is 76.3. The Kier molecular flexibility index (Phi) is 41.1. The Labute approximate surface area is 798 Å². The standard InChI is InChI=1S/C79H131N5O57/c1-18-40(99)49(108)53(112)72(123-18)134-61-32(15-91)131-71(39(84-24(7)96)65(61)138-75-56(115)52(111)44(103)28(11-87)127-75)139-66-47(106)34(17-121-69-36(81-21(4)93)48(107)59(30(13-89)129-69)133-74-55(114)51(110)43(102)27(10-86)126-74)132-76(57(66)116)135-60-31(14-90)130-70(38(83-23(6)95)64(60)137-73-54(113)50(109)41(100)19(2)124-73)122-16-33-46(105)62(37(68(118)125-33)82-22(5)94)136-77-58(117)67(45(104)29(12-88)128-77)141-79(78(119)120)8-25(97)35(80-20(3)92)63(140-79)42(101)26(98)9-85/h18-19,25-77,85-91,97-118H,8-17H2,1-7H3,(H,80,92)(H,81,93)(H,82,94)(H,83,95)(H,84,96)(H,119,120)/t18-,19-,25-,26+,27+,28+,29+,30+,31+,32+,33+,34+,35+,36+,37+,38+,39+,40+,41+,42+,43-,44-,45-,46-,47-,48+,49+,50+,51-,52-,53-,54-,55+,56+,57+,58+,59+,60+,61+,62+,63+,64+,65+,66-,67-,68?,69+,70+,71-,72-,73-,74-,75-,76-,77-,79-/m0/s1. The maximum atomic E-state index is 13.9. The van der Waals surface area contributed by atoms with Gasteiger partial charge in [0.2, 0.25) is 29.5 Å². The van der Waals surface area contributed by atoms with Crippen LogP contribution in [0.4, 0.5) is 0 Å². The third-order valence-corrected chi connectivity index (χ3v) is 25.9. The summed E-state index contributed by atoms with van der Waals surface area (Å²) in [6, 6.07) is -10.0. The number of aliphatic hydroxyl groups excluding tert-OH is 29. The zero-order valence-corrected chi connectivity index (χ0v) is 76.3. The zero-order chi connectivity index (χ0) is 104. The molecule has 11 rings (SSSR count). The summed E-state index contributed by atoms with van der Waals surface area (Å²) in [4.78, 5) is 79.5. The van der Waals surface area contributed by atoms with Gasteiger partial charge in [-0.1, -0.05) is 0 Å². The third-order valence-electron chi connectivity index (χ3n) is 25.9. The molecule has 11 saturated heterocycles. The van der Waals surface area contributed by atoms with Crippen LogP contribution in [0.25, 0.3) is 0 Å². The SMILES string of the molecule is CC(=O)N[C@H]1[C@H](OC[C@H]2O[C@@H](O[C@H]3[C@H](O[C@@H]4O[C@@H](C)[C@@H](O)[C@@H](O)[C@@H]4O)[C@@H](NC(C)=O)[C@H](OC[C@H]4OC(O)[C@H](NC(C)=O)[C@@H](O[C@@H]5O[C@H](CO)[C@H](O)[C@H](O[C@]6(C(=O)O)C[C@H](O)[C@@H](NC(C)=O)[C@H]([C@H](O)[C@H](O)CO)O6)[C@H]5O)[C@H]4O)O[C@@H]3CO)[C@H](O)[C@@H](O[C@@H]3O[C@H](CO)[C@@H](O[C@@H]4O[C@@H](C)[C@@H](O)[C@@H](O)[C@@H]4O)[C@H](O[C@@H]4O[C@H](CO)[C@H](O)[C@H](O)[C@H]4O)[C@H]3NC(C)=O)[C@H]2O)O[C@H](CO)[C@@H](O[C@@H]2O[C@H](CO)[C@H](O)[C@H](O)[C@H]2O)[C@@H]1O. The number of carbonyl (C=O) groups excluding carboxylic acids is 5. The molecule has 0 aliphatic carbocycles. The Morgan fingerprint density at radius 3 is 1.05 bits per heavy atom. The van der Waals surface area contributed by atoms with Gasteiger partial charge in [-0.2, -0.15) is 0 Å². The molecule has 1 unspecified atom stereocenters. The van der Waals surface area contributed by atoms with Crippen molar-refractivity contribution < 1.29 is 281 Å². The fraction of sp³-hybridized carbons (Fsp3) is 0.924. The summed E-state index contributed by atoms with van der Waals surface area (Å²) in [6.45, 7) is -3.94. The number of aliphatic carboxylic acids is 1. The molecule has 35 N–H and O–H groups in total. The van der Waals surface area contributed by atoms with E-state index in [1.807, 2.05) is 0 Å². The van der Waals surface area contributed by atoms with Crippen LogP contribution in [0.5, 0.6) is 0 Å². The maximum absolute atomic E-state index is 13.9. The van der Waals surface area contributed by atoms with E-state index in [1.54, 1.807) is 0 Å². The van der Waals surface area contributed by atoms with Gasteiger partial charge in [-0.25, -0.2) is 4.79 Å². The van der Waals surface area contributed by atoms with Crippen molar-refractivity contribution in [3.05, 3.63) is 0 Å². The van der Waals surface area contributed by atoms with E-state index in [-0.39, 0.29) is 0 Å². The van der Waals surface area contributed by atoms with E-state index in [9.17, 15) is 182 Å². The minimum Gasteiger partial charge on any atom is -0.477 e. The highest BCUT2D eigenvalue weighted by Gasteiger charge is 2.65. The van der Waals surface area contributed by atoms with E-state index in [4.69, 9.17) is 99.5 Å². The minimum absolute atomic E-state index is 0.869. The highest BCUT2D eigenvalue weighted by atomic mass is 16.8. The number of ether oxygens (including phenoxy) is 21. The summed E-state index contributed by atoms with van der Waals surface area (Å²) in [5, 5.41) is 349. The van der Waals surface area contributed by atoms with Crippen molar-refractivity contribution in [1.29, 1.82) is 0 Å². The number of nitrogens with one attached hydrogen (secondary N) is 5. The lowest BCUT2D eigenvalue weighted by atomic mass is 9.88. The molecule has 11 fully saturated rings. The van der Waals surface area contributed by atoms with Crippen molar-refractivity contribution in [3.8, 4) is 0 Å². The smallest absolute Gasteiger partial charge is 0.364 e. The number of carbonyl (C=O) groups is 6. The highest BCUT2D eigenvalue weighted by Crippen LogP contribution is 2.44. The number of aliphatic hydroxyl groups is 29. The van der Waals surface area contributed by atoms with Crippen LogP contribution in [-0.4, -0.2) is 591 Å². The molecule has 0 bridgehead atoms. The van der Waals surface area contributed by atoms with Crippen LogP contribution >= 0.6 is 0 Å². The monoisotopic (exact) mass is 2060 g/mol. The molecular formula is C79H131N5O57. The normalized spacial score (nSPS) is 48.3. The molecule has 11 aliphatic heterocycles. The Morgan fingerprint density at radius 2 is 0.617 bits per heavy atom. The van der Waals surface area contributed by atoms with Crippen LogP contribution < -0.4 is 26.6 Å². The van der Waals surface area contributed by atoms with Crippen molar-refractivity contribution in [2.75, 3.05) is 59.5 Å². The van der Waals surface area contributed by atoms with Crippen molar-refractivity contribution in [3.63, 3.8) is 0 Å². The third kappa shape index (κ3) is 25.8. The predicted molar refractivity (Wildman–Crippen MR) is 435 cm³/mol. The van der Waals surface area contributed by atoms with Gasteiger partial charge in [-0.05, 0) is 13.8 Å². The summed E-state index contributed by atoms with van der Waals surface area (Å²) < 4.78 is 127. The van der Waals surface area contributed by atoms with E-state index < -0.39 is 444 Å². The average molecular weight is 2060 g/mol. The molecule has 0 aromatic heterocycles. The average Bonchev–Trinajstić information content (AvgIpc) is 0.748. The minimum atomic E-state index is -3.35. The lowest BCUT2D eigenvalue weighted by Gasteiger charge is -2.52. The van der Waals surface area contributed by atoms with Crippen LogP contribution in [0.3, 0.4) is 0 Å². The van der Waals surface area contributed by atoms with Crippen molar-refractivity contribution in [2.24, 2.45) is 0 Å². The first-order valence-electron chi connectivity index (χ1n) is 45.0. The summed E-state index contributed by atoms with van der Waals surface area (Å²) in [5.74, 6) is -10.6. The van der Waals surface area contributed by atoms with Crippen LogP contribution in [-0.2, 0) is 128 Å². The predicted octanol–water partition coefficient (Wildman–Crippen LogP) is -23.0. The second-order valence-corrected chi connectivity index (χ2v) is 35.9. The van der Waals surface area contributed by atoms with Gasteiger partial charge in [-0.15, -0.1) is 0 Å². The Bertz CT molecular complexity index is 3990. The number of hydrogen-bond donors (Lipinski definition) is 35. The number of hydrogen-bond acceptors (Lipinski definition) is 56. The lowest BCUT2D eigenvalue weighted by molar-refractivity contribution is -0.397. The topological polar surface area (TPSA) is 963 Å². The quantitative estimate of drug-likeness (QED) is 0.0275. The van der Waals surface area contributed by atoms with Gasteiger partial charge >= 0.3 is 5.97 Å². The van der Waals surface area contributed by atoms with Gasteiger partial charge in [0.1, 0.15) is 250 Å². The molecule has 11 heterocycles. The van der Waals surface area contributed by atoms with Gasteiger partial charge in [0.05, 0.1) is 83.8 Å². The van der Waals surface area contributed by atoms with Crippen LogP contribution in [0.1, 0.15) is 54.9 Å². The first kappa shape index (κ1) is 116. The number of amides is 5. The second-order valence-electron chi connectivity index (χ2n) is 35.9. The van der Waals surface area contributed by atoms with Crippen LogP contribution in [0.15, 0.2) is 0 Å². The molecule has 0 saturated carbocycles. The summed E-state index contributed by atoms with van der Waals surface area (Å²) in [7, 11) is 0. The molecule has 56 atom stereocenters. The molecular weight excluding hydrogens is 1930 g/mol. The molecule has 814 valence electrons. The lowest BCUT2D eigenvalue weighted by Crippen LogP contribution is -2.72. The largest absolute Gasteiger partial charge is 0.477 e. The molecule has 0 spiro atoms. The van der Waals surface area contributed by atoms with Gasteiger partial charge in [-0.3, -0.25) is 24.0 Å². The van der Waals surface area contributed by atoms with Gasteiger partial charge in [0, 0.05) is 41.0 Å². The summed E-state index contributed by atoms with van der Waals surface area (Å²) >= 11 is 0. The van der Waals surface area contributed by atoms with Gasteiger partial charge in [0.15, 0.2) is 62.9 Å².